The molecule has 0 radical (unpaired) electrons. The Bertz CT molecular complexity index is 2180. The number of piperazine rings is 1. The molecule has 3 aromatic rings. The summed E-state index contributed by atoms with van der Waals surface area (Å²) in [5.41, 5.74) is -4.12. The van der Waals surface area contributed by atoms with Crippen molar-refractivity contribution in [2.75, 3.05) is 66.3 Å². The number of carbonyl (C=O) groups is 4. The van der Waals surface area contributed by atoms with Gasteiger partial charge in [0.25, 0.3) is 5.91 Å². The molecule has 0 saturated carbocycles. The molecular formula is C39H41F6N9O5S. The van der Waals surface area contributed by atoms with E-state index in [1.165, 1.54) is 49.1 Å². The van der Waals surface area contributed by atoms with Gasteiger partial charge in [-0.3, -0.25) is 39.2 Å². The zero-order chi connectivity index (χ0) is 43.5. The number of ether oxygens (including phenoxy) is 1. The predicted octanol–water partition coefficient (Wildman–Crippen LogP) is 4.62. The highest BCUT2D eigenvalue weighted by Gasteiger charge is 2.52. The van der Waals surface area contributed by atoms with Gasteiger partial charge < -0.3 is 20.3 Å². The molecule has 0 spiro atoms. The van der Waals surface area contributed by atoms with Crippen LogP contribution in [0.2, 0.25) is 0 Å². The molecule has 4 amide bonds. The zero-order valence-corrected chi connectivity index (χ0v) is 33.3. The van der Waals surface area contributed by atoms with Gasteiger partial charge in [0.1, 0.15) is 35.8 Å². The maximum atomic E-state index is 14.4. The molecule has 2 aromatic carbocycles. The number of nitrogens with one attached hydrogen (secondary N) is 3. The largest absolute Gasteiger partial charge is 0.492 e. The quantitative estimate of drug-likeness (QED) is 0.108. The SMILES string of the molecule is CC1(C)C(=O)N(c2cnc(C#N)c(C(F)(F)F)c2)C(S)N1c1ccc(OCCN2CCN(CC(=O)Nc3cc(F)cc(NC4CCC(=O)NC4=O)c3)CC2)c(CC(F)F)c1. The first-order chi connectivity index (χ1) is 28.3. The number of benzene rings is 2. The summed E-state index contributed by atoms with van der Waals surface area (Å²) in [6.45, 7) is 5.82. The van der Waals surface area contributed by atoms with Gasteiger partial charge in [-0.25, -0.2) is 18.2 Å². The van der Waals surface area contributed by atoms with Crippen LogP contribution in [-0.2, 0) is 31.8 Å². The van der Waals surface area contributed by atoms with E-state index in [1.54, 1.807) is 6.07 Å². The van der Waals surface area contributed by atoms with Gasteiger partial charge in [0.05, 0.1) is 24.0 Å². The first-order valence-electron chi connectivity index (χ1n) is 18.8. The maximum Gasteiger partial charge on any atom is 0.419 e. The Kier molecular flexibility index (Phi) is 13.2. The number of pyridine rings is 1. The van der Waals surface area contributed by atoms with Crippen molar-refractivity contribution in [2.45, 2.75) is 62.8 Å². The third-order valence-corrected chi connectivity index (χ3v) is 10.8. The molecule has 0 bridgehead atoms. The number of amides is 4. The molecule has 3 aliphatic rings. The Hall–Kier alpha value is -5.59. The predicted molar refractivity (Wildman–Crippen MR) is 210 cm³/mol. The van der Waals surface area contributed by atoms with E-state index in [0.717, 1.165) is 17.2 Å². The van der Waals surface area contributed by atoms with Gasteiger partial charge in [-0.15, -0.1) is 12.6 Å². The van der Waals surface area contributed by atoms with Gasteiger partial charge in [-0.2, -0.15) is 18.4 Å². The van der Waals surface area contributed by atoms with Crippen LogP contribution in [-0.4, -0.2) is 108 Å². The average molecular weight is 862 g/mol. The molecule has 3 aliphatic heterocycles. The fraction of sp³-hybridized carbons (Fsp3) is 0.436. The number of anilines is 4. The van der Waals surface area contributed by atoms with Crippen LogP contribution < -0.4 is 30.5 Å². The Morgan fingerprint density at radius 1 is 1.05 bits per heavy atom. The van der Waals surface area contributed by atoms with Crippen molar-refractivity contribution in [2.24, 2.45) is 0 Å². The molecule has 3 saturated heterocycles. The van der Waals surface area contributed by atoms with Crippen LogP contribution in [0.4, 0.5) is 49.1 Å². The van der Waals surface area contributed by atoms with Crippen molar-refractivity contribution in [3.8, 4) is 11.8 Å². The topological polar surface area (TPSA) is 163 Å². The van der Waals surface area contributed by atoms with Gasteiger partial charge in [-0.1, -0.05) is 0 Å². The monoisotopic (exact) mass is 861 g/mol. The van der Waals surface area contributed by atoms with Gasteiger partial charge in [0.15, 0.2) is 11.2 Å². The summed E-state index contributed by atoms with van der Waals surface area (Å²) >= 11 is 4.57. The normalized spacial score (nSPS) is 20.0. The summed E-state index contributed by atoms with van der Waals surface area (Å²) in [6.07, 6.45) is -7.00. The van der Waals surface area contributed by atoms with Crippen molar-refractivity contribution in [1.29, 1.82) is 5.26 Å². The summed E-state index contributed by atoms with van der Waals surface area (Å²) in [5.74, 6) is -2.35. The van der Waals surface area contributed by atoms with Crippen molar-refractivity contribution in [1.82, 2.24) is 20.1 Å². The molecule has 2 unspecified atom stereocenters. The fourth-order valence-corrected chi connectivity index (χ4v) is 7.98. The number of nitrogens with zero attached hydrogens (tertiary/aromatic N) is 6. The molecule has 1 aromatic heterocycles. The number of aromatic nitrogens is 1. The first-order valence-corrected chi connectivity index (χ1v) is 19.3. The maximum absolute atomic E-state index is 14.4. The molecular weight excluding hydrogens is 821 g/mol. The molecule has 21 heteroatoms. The Labute approximate surface area is 346 Å². The Balaban J connectivity index is 1.03. The third-order valence-electron chi connectivity index (χ3n) is 10.3. The Morgan fingerprint density at radius 3 is 2.42 bits per heavy atom. The van der Waals surface area contributed by atoms with Crippen LogP contribution in [0.5, 0.6) is 5.75 Å². The molecule has 6 rings (SSSR count). The summed E-state index contributed by atoms with van der Waals surface area (Å²) in [4.78, 5) is 60.2. The van der Waals surface area contributed by atoms with E-state index < -0.39 is 65.0 Å². The molecule has 14 nitrogen and oxygen atoms in total. The number of imide groups is 1. The fourth-order valence-electron chi connectivity index (χ4n) is 7.32. The van der Waals surface area contributed by atoms with Crippen LogP contribution in [0.25, 0.3) is 0 Å². The highest BCUT2D eigenvalue weighted by atomic mass is 32.1. The zero-order valence-electron chi connectivity index (χ0n) is 32.4. The van der Waals surface area contributed by atoms with E-state index in [2.05, 4.69) is 38.5 Å². The van der Waals surface area contributed by atoms with Crippen molar-refractivity contribution in [3.63, 3.8) is 0 Å². The van der Waals surface area contributed by atoms with E-state index in [4.69, 9.17) is 10.00 Å². The number of alkyl halides is 5. The lowest BCUT2D eigenvalue weighted by Gasteiger charge is -2.34. The number of piperidine rings is 1. The second-order valence-electron chi connectivity index (χ2n) is 14.9. The summed E-state index contributed by atoms with van der Waals surface area (Å²) in [7, 11) is 0. The average Bonchev–Trinajstić information content (AvgIpc) is 3.34. The minimum Gasteiger partial charge on any atom is -0.492 e. The van der Waals surface area contributed by atoms with E-state index in [9.17, 15) is 45.5 Å². The lowest BCUT2D eigenvalue weighted by Crippen LogP contribution is -2.49. The smallest absolute Gasteiger partial charge is 0.419 e. The van der Waals surface area contributed by atoms with Crippen LogP contribution in [0.1, 0.15) is 43.5 Å². The molecule has 60 heavy (non-hydrogen) atoms. The second-order valence-corrected chi connectivity index (χ2v) is 15.4. The van der Waals surface area contributed by atoms with Gasteiger partial charge in [-0.05, 0) is 62.7 Å². The van der Waals surface area contributed by atoms with Gasteiger partial charge in [0.2, 0.25) is 24.1 Å². The summed E-state index contributed by atoms with van der Waals surface area (Å²) < 4.78 is 89.2. The second kappa shape index (κ2) is 17.9. The number of halogens is 6. The van der Waals surface area contributed by atoms with E-state index >= 15 is 0 Å². The number of hydrogen-bond donors (Lipinski definition) is 4. The Morgan fingerprint density at radius 2 is 1.75 bits per heavy atom. The number of hydrogen-bond acceptors (Lipinski definition) is 12. The number of carbonyl (C=O) groups excluding carboxylic acids is 4. The number of nitriles is 1. The van der Waals surface area contributed by atoms with Crippen LogP contribution in [0.15, 0.2) is 48.7 Å². The first kappa shape index (κ1) is 44.0. The molecule has 2 atom stereocenters. The lowest BCUT2D eigenvalue weighted by atomic mass is 10.0. The number of rotatable bonds is 13. The van der Waals surface area contributed by atoms with Crippen molar-refractivity contribution >= 4 is 59.0 Å². The lowest BCUT2D eigenvalue weighted by molar-refractivity contribution is -0.138. The molecule has 3 N–H and O–H groups in total. The van der Waals surface area contributed by atoms with E-state index in [-0.39, 0.29) is 66.2 Å². The standard InChI is InChI=1S/C39H41F6N9O5S/c1-38(2)36(58)53(27-18-28(39(43,44)45)30(19-46)47-20-27)37(60)54(38)26-3-5-31(22(13-26)14-32(41)42)59-12-11-51-7-9-52(10-8-51)21-34(56)49-25-16-23(40)15-24(17-25)48-29-4-6-33(55)50-35(29)57/h3,5,13,15-18,20,29,32,37,48,60H,4,6-12,14,21H2,1-2H3,(H,49,56)(H,50,55,57). The molecule has 3 fully saturated rings. The van der Waals surface area contributed by atoms with Crippen LogP contribution in [0.3, 0.4) is 0 Å². The molecule has 0 aliphatic carbocycles. The minimum atomic E-state index is -4.92. The van der Waals surface area contributed by atoms with Crippen molar-refractivity contribution < 1.29 is 50.3 Å². The highest BCUT2D eigenvalue weighted by molar-refractivity contribution is 7.81. The van der Waals surface area contributed by atoms with Gasteiger partial charge in [0, 0.05) is 68.2 Å². The third kappa shape index (κ3) is 10.0. The highest BCUT2D eigenvalue weighted by Crippen LogP contribution is 2.43. The van der Waals surface area contributed by atoms with Crippen LogP contribution in [0, 0.1) is 17.1 Å². The summed E-state index contributed by atoms with van der Waals surface area (Å²) in [6, 6.07) is 9.64. The molecule has 4 heterocycles. The minimum absolute atomic E-state index is 0.0311. The van der Waals surface area contributed by atoms with E-state index in [0.29, 0.717) is 44.5 Å². The van der Waals surface area contributed by atoms with Gasteiger partial charge >= 0.3 is 6.18 Å². The van der Waals surface area contributed by atoms with Crippen molar-refractivity contribution in [3.05, 3.63) is 71.3 Å². The van der Waals surface area contributed by atoms with Crippen LogP contribution >= 0.6 is 12.6 Å². The van der Waals surface area contributed by atoms with E-state index in [1.807, 2.05) is 4.90 Å². The summed E-state index contributed by atoms with van der Waals surface area (Å²) in [5, 5.41) is 17.0. The number of thiol groups is 1. The molecule has 320 valence electrons.